The maximum absolute atomic E-state index is 12.5. The minimum absolute atomic E-state index is 0.0523. The molecule has 1 aliphatic rings. The number of nitrogens with zero attached hydrogens (tertiary/aromatic N) is 1. The van der Waals surface area contributed by atoms with Gasteiger partial charge >= 0.3 is 0 Å². The van der Waals surface area contributed by atoms with Crippen LogP contribution in [0.5, 0.6) is 5.75 Å². The molecule has 1 unspecified atom stereocenters. The summed E-state index contributed by atoms with van der Waals surface area (Å²) in [5.74, 6) is 0.665. The first-order chi connectivity index (χ1) is 10.6. The third-order valence-electron chi connectivity index (χ3n) is 4.25. The van der Waals surface area contributed by atoms with Gasteiger partial charge in [-0.1, -0.05) is 18.2 Å². The monoisotopic (exact) mass is 292 g/mol. The summed E-state index contributed by atoms with van der Waals surface area (Å²) in [5.41, 5.74) is 2.48. The van der Waals surface area contributed by atoms with E-state index in [1.807, 2.05) is 43.3 Å². The van der Waals surface area contributed by atoms with Crippen LogP contribution in [0.3, 0.4) is 0 Å². The first-order valence-electron chi connectivity index (χ1n) is 7.06. The first-order valence-corrected chi connectivity index (χ1v) is 7.06. The molecule has 1 N–H and O–H groups in total. The van der Waals surface area contributed by atoms with Crippen LogP contribution in [0.1, 0.15) is 23.6 Å². The van der Waals surface area contributed by atoms with Crippen LogP contribution in [0.25, 0.3) is 0 Å². The lowest BCUT2D eigenvalue weighted by molar-refractivity contribution is -0.120. The summed E-state index contributed by atoms with van der Waals surface area (Å²) >= 11 is 0. The van der Waals surface area contributed by atoms with Crippen molar-refractivity contribution in [2.24, 2.45) is 0 Å². The van der Waals surface area contributed by atoms with E-state index in [0.29, 0.717) is 12.0 Å². The molecule has 0 bridgehead atoms. The van der Waals surface area contributed by atoms with Gasteiger partial charge in [-0.3, -0.25) is 4.79 Å². The van der Waals surface area contributed by atoms with Gasteiger partial charge in [0.05, 0.1) is 24.2 Å². The fourth-order valence-electron chi connectivity index (χ4n) is 2.94. The first kappa shape index (κ1) is 14.2. The fourth-order valence-corrected chi connectivity index (χ4v) is 2.94. The van der Waals surface area contributed by atoms with E-state index in [-0.39, 0.29) is 5.91 Å². The van der Waals surface area contributed by atoms with Crippen molar-refractivity contribution in [3.8, 4) is 11.8 Å². The van der Waals surface area contributed by atoms with Gasteiger partial charge in [-0.15, -0.1) is 0 Å². The largest absolute Gasteiger partial charge is 0.497 e. The smallest absolute Gasteiger partial charge is 0.235 e. The minimum atomic E-state index is -0.711. The Balaban J connectivity index is 2.07. The van der Waals surface area contributed by atoms with Crippen LogP contribution in [0, 0.1) is 11.3 Å². The average molecular weight is 292 g/mol. The van der Waals surface area contributed by atoms with Gasteiger partial charge in [-0.25, -0.2) is 0 Å². The maximum atomic E-state index is 12.5. The summed E-state index contributed by atoms with van der Waals surface area (Å²) in [5, 5.41) is 12.2. The molecule has 0 aliphatic carbocycles. The van der Waals surface area contributed by atoms with E-state index in [4.69, 9.17) is 4.74 Å². The van der Waals surface area contributed by atoms with Crippen molar-refractivity contribution in [1.82, 2.24) is 0 Å². The van der Waals surface area contributed by atoms with Gasteiger partial charge in [0.15, 0.2) is 0 Å². The van der Waals surface area contributed by atoms with Gasteiger partial charge in [0.2, 0.25) is 5.91 Å². The molecule has 0 saturated heterocycles. The Hall–Kier alpha value is -2.80. The van der Waals surface area contributed by atoms with Crippen molar-refractivity contribution in [2.45, 2.75) is 18.8 Å². The zero-order valence-corrected chi connectivity index (χ0v) is 12.5. The van der Waals surface area contributed by atoms with E-state index < -0.39 is 5.41 Å². The van der Waals surface area contributed by atoms with Crippen molar-refractivity contribution in [2.75, 3.05) is 12.4 Å². The standard InChI is InChI=1S/C18H16N2O2/c1-18(10-12-5-3-4-6-13(12)11-19)15-9-14(22-2)7-8-16(15)20-17(18)21/h3-9H,10H2,1-2H3,(H,20,21). The Kier molecular flexibility index (Phi) is 3.34. The molecule has 2 aromatic carbocycles. The van der Waals surface area contributed by atoms with Crippen molar-refractivity contribution < 1.29 is 9.53 Å². The molecule has 3 rings (SSSR count). The molecule has 0 fully saturated rings. The molecule has 1 aliphatic heterocycles. The number of nitrogens with one attached hydrogen (secondary N) is 1. The van der Waals surface area contributed by atoms with Crippen LogP contribution in [0.2, 0.25) is 0 Å². The Morgan fingerprint density at radius 1 is 1.27 bits per heavy atom. The molecule has 0 aromatic heterocycles. The molecule has 1 atom stereocenters. The van der Waals surface area contributed by atoms with E-state index in [2.05, 4.69) is 11.4 Å². The number of ether oxygens (including phenoxy) is 1. The normalized spacial score (nSPS) is 19.2. The number of nitriles is 1. The highest BCUT2D eigenvalue weighted by Crippen LogP contribution is 2.42. The predicted molar refractivity (Wildman–Crippen MR) is 83.8 cm³/mol. The minimum Gasteiger partial charge on any atom is -0.497 e. The van der Waals surface area contributed by atoms with Crippen molar-refractivity contribution in [3.05, 3.63) is 59.2 Å². The van der Waals surface area contributed by atoms with Crippen LogP contribution in [0.4, 0.5) is 5.69 Å². The SMILES string of the molecule is COc1ccc2c(c1)C(C)(Cc1ccccc1C#N)C(=O)N2. The summed E-state index contributed by atoms with van der Waals surface area (Å²) in [7, 11) is 1.61. The van der Waals surface area contributed by atoms with Crippen molar-refractivity contribution in [1.29, 1.82) is 5.26 Å². The van der Waals surface area contributed by atoms with Crippen molar-refractivity contribution in [3.63, 3.8) is 0 Å². The van der Waals surface area contributed by atoms with E-state index in [1.54, 1.807) is 13.2 Å². The molecule has 22 heavy (non-hydrogen) atoms. The number of carbonyl (C=O) groups is 1. The van der Waals surface area contributed by atoms with Crippen LogP contribution >= 0.6 is 0 Å². The third kappa shape index (κ3) is 2.11. The van der Waals surface area contributed by atoms with Crippen LogP contribution in [-0.4, -0.2) is 13.0 Å². The van der Waals surface area contributed by atoms with Gasteiger partial charge in [-0.2, -0.15) is 5.26 Å². The Morgan fingerprint density at radius 2 is 2.05 bits per heavy atom. The zero-order chi connectivity index (χ0) is 15.7. The molecular formula is C18H16N2O2. The van der Waals surface area contributed by atoms with E-state index >= 15 is 0 Å². The molecule has 1 amide bonds. The lowest BCUT2D eigenvalue weighted by Crippen LogP contribution is -2.33. The topological polar surface area (TPSA) is 62.1 Å². The number of fused-ring (bicyclic) bond motifs is 1. The molecule has 1 heterocycles. The van der Waals surface area contributed by atoms with Gasteiger partial charge < -0.3 is 10.1 Å². The highest BCUT2D eigenvalue weighted by molar-refractivity contribution is 6.06. The van der Waals surface area contributed by atoms with Gasteiger partial charge in [0.1, 0.15) is 5.75 Å². The predicted octanol–water partition coefficient (Wildman–Crippen LogP) is 3.02. The second kappa shape index (κ2) is 5.19. The number of benzene rings is 2. The Bertz CT molecular complexity index is 792. The van der Waals surface area contributed by atoms with E-state index in [1.165, 1.54) is 0 Å². The second-order valence-electron chi connectivity index (χ2n) is 5.64. The zero-order valence-electron chi connectivity index (χ0n) is 12.5. The summed E-state index contributed by atoms with van der Waals surface area (Å²) in [6.45, 7) is 1.90. The number of hydrogen-bond acceptors (Lipinski definition) is 3. The van der Waals surface area contributed by atoms with Crippen molar-refractivity contribution >= 4 is 11.6 Å². The van der Waals surface area contributed by atoms with Crippen LogP contribution < -0.4 is 10.1 Å². The molecule has 0 radical (unpaired) electrons. The van der Waals surface area contributed by atoms with E-state index in [0.717, 1.165) is 22.6 Å². The van der Waals surface area contributed by atoms with E-state index in [9.17, 15) is 10.1 Å². The highest BCUT2D eigenvalue weighted by atomic mass is 16.5. The van der Waals surface area contributed by atoms with Gasteiger partial charge in [0, 0.05) is 5.69 Å². The number of hydrogen-bond donors (Lipinski definition) is 1. The number of rotatable bonds is 3. The molecule has 110 valence electrons. The van der Waals surface area contributed by atoms with Crippen LogP contribution in [-0.2, 0) is 16.6 Å². The maximum Gasteiger partial charge on any atom is 0.235 e. The molecule has 4 nitrogen and oxygen atoms in total. The molecule has 0 saturated carbocycles. The summed E-state index contributed by atoms with van der Waals surface area (Å²) in [6.07, 6.45) is 0.475. The lowest BCUT2D eigenvalue weighted by atomic mass is 9.77. The third-order valence-corrected chi connectivity index (χ3v) is 4.25. The number of methoxy groups -OCH3 is 1. The lowest BCUT2D eigenvalue weighted by Gasteiger charge is -2.23. The number of anilines is 1. The molecule has 0 spiro atoms. The Morgan fingerprint density at radius 3 is 2.77 bits per heavy atom. The summed E-state index contributed by atoms with van der Waals surface area (Å²) in [4.78, 5) is 12.5. The average Bonchev–Trinajstić information content (AvgIpc) is 2.78. The van der Waals surface area contributed by atoms with Gasteiger partial charge in [-0.05, 0) is 48.7 Å². The summed E-state index contributed by atoms with van der Waals surface area (Å²) < 4.78 is 5.27. The molecular weight excluding hydrogens is 276 g/mol. The highest BCUT2D eigenvalue weighted by Gasteiger charge is 2.43. The quantitative estimate of drug-likeness (QED) is 0.946. The van der Waals surface area contributed by atoms with Gasteiger partial charge in [0.25, 0.3) is 0 Å². The Labute approximate surface area is 129 Å². The fraction of sp³-hybridized carbons (Fsp3) is 0.222. The van der Waals surface area contributed by atoms with Crippen LogP contribution in [0.15, 0.2) is 42.5 Å². The molecule has 4 heteroatoms. The number of amides is 1. The summed E-state index contributed by atoms with van der Waals surface area (Å²) in [6, 6.07) is 15.2. The number of carbonyl (C=O) groups excluding carboxylic acids is 1. The second-order valence-corrected chi connectivity index (χ2v) is 5.64. The molecule has 2 aromatic rings.